The summed E-state index contributed by atoms with van der Waals surface area (Å²) in [5.74, 6) is 0.0364. The lowest BCUT2D eigenvalue weighted by atomic mass is 10.1. The second-order valence-electron chi connectivity index (χ2n) is 3.78. The Morgan fingerprint density at radius 1 is 1.11 bits per heavy atom. The molecule has 3 N–H and O–H groups in total. The number of nitrogens with zero attached hydrogens (tertiary/aromatic N) is 3. The minimum atomic E-state index is -0.315. The Bertz CT molecular complexity index is 766. The Balaban J connectivity index is 2.27. The topological polar surface area (TPSA) is 97.5 Å². The van der Waals surface area contributed by atoms with E-state index in [0.29, 0.717) is 11.1 Å². The van der Waals surface area contributed by atoms with Gasteiger partial charge in [0.25, 0.3) is 5.56 Å². The molecule has 0 bridgehead atoms. The summed E-state index contributed by atoms with van der Waals surface area (Å²) in [4.78, 5) is 18.1. The molecule has 0 atom stereocenters. The van der Waals surface area contributed by atoms with Crippen LogP contribution in [-0.4, -0.2) is 20.2 Å². The second kappa shape index (κ2) is 3.92. The second-order valence-corrected chi connectivity index (χ2v) is 3.78. The molecule has 0 radical (unpaired) electrons. The van der Waals surface area contributed by atoms with E-state index in [1.165, 1.54) is 0 Å². The molecule has 0 saturated heterocycles. The van der Waals surface area contributed by atoms with Crippen LogP contribution in [0.3, 0.4) is 0 Å². The van der Waals surface area contributed by atoms with Gasteiger partial charge in [0.15, 0.2) is 5.65 Å². The van der Waals surface area contributed by atoms with Crippen molar-refractivity contribution in [3.63, 3.8) is 0 Å². The number of hydrogen-bond donors (Lipinski definition) is 2. The maximum Gasteiger partial charge on any atom is 0.261 e. The molecule has 6 nitrogen and oxygen atoms in total. The third kappa shape index (κ3) is 1.69. The standard InChI is InChI=1S/C12H9N5O/c13-12-14-10-8(11(18)15-12)6-9(16-17-10)7-4-2-1-3-5-7/h1-6H,(H3,13,14,15,17,18). The monoisotopic (exact) mass is 239 g/mol. The van der Waals surface area contributed by atoms with Crippen LogP contribution in [0.25, 0.3) is 22.3 Å². The summed E-state index contributed by atoms with van der Waals surface area (Å²) in [5, 5.41) is 8.33. The summed E-state index contributed by atoms with van der Waals surface area (Å²) in [5.41, 5.74) is 6.89. The van der Waals surface area contributed by atoms with Crippen LogP contribution in [0.4, 0.5) is 5.95 Å². The minimum Gasteiger partial charge on any atom is -0.369 e. The van der Waals surface area contributed by atoms with Gasteiger partial charge < -0.3 is 5.73 Å². The van der Waals surface area contributed by atoms with Gasteiger partial charge in [0, 0.05) is 5.56 Å². The van der Waals surface area contributed by atoms with E-state index in [-0.39, 0.29) is 17.2 Å². The number of H-pyrrole nitrogens is 1. The lowest BCUT2D eigenvalue weighted by Gasteiger charge is -2.01. The first-order valence-corrected chi connectivity index (χ1v) is 5.33. The molecule has 1 aromatic carbocycles. The van der Waals surface area contributed by atoms with E-state index in [2.05, 4.69) is 20.2 Å². The van der Waals surface area contributed by atoms with Crippen LogP contribution in [0.2, 0.25) is 0 Å². The summed E-state index contributed by atoms with van der Waals surface area (Å²) in [6, 6.07) is 11.2. The average Bonchev–Trinajstić information content (AvgIpc) is 2.39. The average molecular weight is 239 g/mol. The van der Waals surface area contributed by atoms with Crippen molar-refractivity contribution in [2.75, 3.05) is 5.73 Å². The zero-order valence-electron chi connectivity index (χ0n) is 9.29. The number of nitrogen functional groups attached to an aromatic ring is 1. The first-order valence-electron chi connectivity index (χ1n) is 5.33. The first kappa shape index (κ1) is 10.4. The van der Waals surface area contributed by atoms with E-state index in [4.69, 9.17) is 5.73 Å². The van der Waals surface area contributed by atoms with Gasteiger partial charge in [0.2, 0.25) is 5.95 Å². The van der Waals surface area contributed by atoms with E-state index < -0.39 is 0 Å². The van der Waals surface area contributed by atoms with Crippen molar-refractivity contribution in [2.45, 2.75) is 0 Å². The van der Waals surface area contributed by atoms with Gasteiger partial charge in [0.05, 0.1) is 11.1 Å². The molecule has 0 saturated carbocycles. The maximum absolute atomic E-state index is 11.7. The van der Waals surface area contributed by atoms with Gasteiger partial charge in [-0.25, -0.2) is 0 Å². The zero-order valence-corrected chi connectivity index (χ0v) is 9.29. The molecular weight excluding hydrogens is 230 g/mol. The van der Waals surface area contributed by atoms with Crippen LogP contribution in [-0.2, 0) is 0 Å². The van der Waals surface area contributed by atoms with Gasteiger partial charge in [-0.3, -0.25) is 9.78 Å². The van der Waals surface area contributed by atoms with Crippen molar-refractivity contribution in [2.24, 2.45) is 0 Å². The van der Waals surface area contributed by atoms with E-state index >= 15 is 0 Å². The van der Waals surface area contributed by atoms with E-state index in [0.717, 1.165) is 5.56 Å². The minimum absolute atomic E-state index is 0.0364. The molecule has 18 heavy (non-hydrogen) atoms. The largest absolute Gasteiger partial charge is 0.369 e. The molecule has 88 valence electrons. The maximum atomic E-state index is 11.7. The molecular formula is C12H9N5O. The molecule has 2 heterocycles. The van der Waals surface area contributed by atoms with Gasteiger partial charge in [-0.2, -0.15) is 4.98 Å². The normalized spacial score (nSPS) is 10.7. The summed E-state index contributed by atoms with van der Waals surface area (Å²) in [7, 11) is 0. The molecule has 0 aliphatic rings. The molecule has 3 rings (SSSR count). The molecule has 0 amide bonds. The molecule has 3 aromatic rings. The Labute approximate surface area is 102 Å². The SMILES string of the molecule is Nc1nc2nnc(-c3ccccc3)cc2c(=O)[nH]1. The summed E-state index contributed by atoms with van der Waals surface area (Å²) < 4.78 is 0. The Morgan fingerprint density at radius 3 is 2.67 bits per heavy atom. The molecule has 2 aromatic heterocycles. The third-order valence-corrected chi connectivity index (χ3v) is 2.56. The molecule has 0 aliphatic carbocycles. The fourth-order valence-corrected chi connectivity index (χ4v) is 1.71. The molecule has 6 heteroatoms. The highest BCUT2D eigenvalue weighted by Gasteiger charge is 2.07. The number of aromatic nitrogens is 4. The van der Waals surface area contributed by atoms with Crippen molar-refractivity contribution < 1.29 is 0 Å². The highest BCUT2D eigenvalue weighted by atomic mass is 16.1. The van der Waals surface area contributed by atoms with E-state index in [9.17, 15) is 4.79 Å². The Hall–Kier alpha value is -2.76. The number of aromatic amines is 1. The quantitative estimate of drug-likeness (QED) is 0.659. The first-order chi connectivity index (χ1) is 8.74. The number of nitrogens with two attached hydrogens (primary N) is 1. The van der Waals surface area contributed by atoms with Gasteiger partial charge in [0.1, 0.15) is 0 Å². The van der Waals surface area contributed by atoms with E-state index in [1.807, 2.05) is 30.3 Å². The third-order valence-electron chi connectivity index (χ3n) is 2.56. The lowest BCUT2D eigenvalue weighted by molar-refractivity contribution is 1.04. The van der Waals surface area contributed by atoms with E-state index in [1.54, 1.807) is 6.07 Å². The number of rotatable bonds is 1. The predicted molar refractivity (Wildman–Crippen MR) is 67.8 cm³/mol. The van der Waals surface area contributed by atoms with Crippen molar-refractivity contribution in [3.8, 4) is 11.3 Å². The number of benzene rings is 1. The predicted octanol–water partition coefficient (Wildman–Crippen LogP) is 0.962. The number of anilines is 1. The van der Waals surface area contributed by atoms with Gasteiger partial charge in [-0.1, -0.05) is 30.3 Å². The molecule has 0 unspecified atom stereocenters. The van der Waals surface area contributed by atoms with Gasteiger partial charge in [-0.15, -0.1) is 10.2 Å². The van der Waals surface area contributed by atoms with Crippen molar-refractivity contribution >= 4 is 17.0 Å². The van der Waals surface area contributed by atoms with Crippen molar-refractivity contribution in [1.29, 1.82) is 0 Å². The highest BCUT2D eigenvalue weighted by molar-refractivity contribution is 5.78. The smallest absolute Gasteiger partial charge is 0.261 e. The van der Waals surface area contributed by atoms with Crippen LogP contribution in [0, 0.1) is 0 Å². The van der Waals surface area contributed by atoms with Gasteiger partial charge in [-0.05, 0) is 6.07 Å². The van der Waals surface area contributed by atoms with Crippen LogP contribution in [0.15, 0.2) is 41.2 Å². The van der Waals surface area contributed by atoms with Crippen molar-refractivity contribution in [3.05, 3.63) is 46.8 Å². The van der Waals surface area contributed by atoms with Gasteiger partial charge >= 0.3 is 0 Å². The number of nitrogens with one attached hydrogen (secondary N) is 1. The van der Waals surface area contributed by atoms with Crippen LogP contribution >= 0.6 is 0 Å². The summed E-state index contributed by atoms with van der Waals surface area (Å²) in [6.45, 7) is 0. The summed E-state index contributed by atoms with van der Waals surface area (Å²) in [6.07, 6.45) is 0. The fourth-order valence-electron chi connectivity index (χ4n) is 1.71. The Morgan fingerprint density at radius 2 is 1.89 bits per heavy atom. The Kier molecular flexibility index (Phi) is 2.26. The fraction of sp³-hybridized carbons (Fsp3) is 0. The highest BCUT2D eigenvalue weighted by Crippen LogP contribution is 2.17. The van der Waals surface area contributed by atoms with Crippen LogP contribution in [0.1, 0.15) is 0 Å². The van der Waals surface area contributed by atoms with Crippen LogP contribution < -0.4 is 11.3 Å². The number of hydrogen-bond acceptors (Lipinski definition) is 5. The summed E-state index contributed by atoms with van der Waals surface area (Å²) >= 11 is 0. The molecule has 0 aliphatic heterocycles. The van der Waals surface area contributed by atoms with Crippen molar-refractivity contribution in [1.82, 2.24) is 20.2 Å². The lowest BCUT2D eigenvalue weighted by Crippen LogP contribution is -2.12. The van der Waals surface area contributed by atoms with Crippen LogP contribution in [0.5, 0.6) is 0 Å². The molecule has 0 spiro atoms. The molecule has 0 fully saturated rings. The number of fused-ring (bicyclic) bond motifs is 1. The zero-order chi connectivity index (χ0) is 12.5.